The van der Waals surface area contributed by atoms with Crippen LogP contribution in [0, 0.1) is 0 Å². The van der Waals surface area contributed by atoms with Gasteiger partial charge < -0.3 is 29.0 Å². The first-order valence-electron chi connectivity index (χ1n) is 16.8. The fraction of sp³-hybridized carbons (Fsp3) is 0.686. The first-order chi connectivity index (χ1) is 22.1. The van der Waals surface area contributed by atoms with Crippen LogP contribution in [0.5, 0.6) is 0 Å². The molecule has 11 heteroatoms. The second-order valence-corrected chi connectivity index (χ2v) is 11.9. The summed E-state index contributed by atoms with van der Waals surface area (Å²) in [6.07, 6.45) is 8.84. The van der Waals surface area contributed by atoms with Crippen molar-refractivity contribution >= 4 is 29.8 Å². The fourth-order valence-electron chi connectivity index (χ4n) is 5.47. The molecule has 1 aromatic carbocycles. The molecule has 258 valence electrons. The molecule has 1 saturated heterocycles. The summed E-state index contributed by atoms with van der Waals surface area (Å²) in [5.74, 6) is -3.06. The van der Waals surface area contributed by atoms with Gasteiger partial charge in [-0.1, -0.05) is 108 Å². The number of unbranched alkanes of at least 4 members (excludes halogenated alkanes) is 11. The minimum Gasteiger partial charge on any atom is -0.463 e. The monoisotopic (exact) mass is 647 g/mol. The third-order valence-corrected chi connectivity index (χ3v) is 7.73. The van der Waals surface area contributed by atoms with E-state index in [1.54, 1.807) is 24.3 Å². The van der Waals surface area contributed by atoms with E-state index in [4.69, 9.17) is 23.7 Å². The highest BCUT2D eigenvalue weighted by atomic mass is 16.7. The summed E-state index contributed by atoms with van der Waals surface area (Å²) in [4.78, 5) is 62.0. The number of nitrogens with one attached hydrogen (secondary N) is 1. The van der Waals surface area contributed by atoms with Gasteiger partial charge in [-0.3, -0.25) is 24.0 Å². The summed E-state index contributed by atoms with van der Waals surface area (Å²) in [6, 6.07) is 7.71. The van der Waals surface area contributed by atoms with Gasteiger partial charge in [-0.25, -0.2) is 0 Å². The van der Waals surface area contributed by atoms with Crippen molar-refractivity contribution in [2.45, 2.75) is 148 Å². The largest absolute Gasteiger partial charge is 0.463 e. The highest BCUT2D eigenvalue weighted by Crippen LogP contribution is 2.28. The fourth-order valence-corrected chi connectivity index (χ4v) is 5.47. The summed E-state index contributed by atoms with van der Waals surface area (Å²) in [6.45, 7) is 5.38. The van der Waals surface area contributed by atoms with Crippen LogP contribution in [0.1, 0.15) is 117 Å². The highest BCUT2D eigenvalue weighted by Gasteiger charge is 2.52. The van der Waals surface area contributed by atoms with Crippen molar-refractivity contribution in [2.24, 2.45) is 0 Å². The minimum atomic E-state index is -1.43. The second kappa shape index (κ2) is 22.1. The molecule has 1 aromatic rings. The molecule has 11 nitrogen and oxygen atoms in total. The van der Waals surface area contributed by atoms with Gasteiger partial charge in [0, 0.05) is 27.2 Å². The van der Waals surface area contributed by atoms with Crippen molar-refractivity contribution < 1.29 is 47.7 Å². The Hall–Kier alpha value is -3.47. The average molecular weight is 648 g/mol. The molecule has 5 atom stereocenters. The van der Waals surface area contributed by atoms with Crippen molar-refractivity contribution in [1.82, 2.24) is 5.32 Å². The molecule has 0 aromatic heterocycles. The van der Waals surface area contributed by atoms with Crippen LogP contribution in [-0.2, 0) is 54.1 Å². The zero-order valence-corrected chi connectivity index (χ0v) is 28.0. The summed E-state index contributed by atoms with van der Waals surface area (Å²) in [5.41, 5.74) is 0.696. The number of hydrogen-bond donors (Lipinski definition) is 1. The van der Waals surface area contributed by atoms with Crippen LogP contribution in [0.25, 0.3) is 0 Å². The Morgan fingerprint density at radius 1 is 0.696 bits per heavy atom. The summed E-state index contributed by atoms with van der Waals surface area (Å²) in [7, 11) is 0. The maximum absolute atomic E-state index is 13.1. The van der Waals surface area contributed by atoms with Gasteiger partial charge in [0.2, 0.25) is 12.2 Å². The number of hydrogen-bond acceptors (Lipinski definition) is 10. The van der Waals surface area contributed by atoms with E-state index in [2.05, 4.69) is 12.2 Å². The molecule has 2 rings (SSSR count). The summed E-state index contributed by atoms with van der Waals surface area (Å²) in [5, 5.41) is 2.80. The van der Waals surface area contributed by atoms with Crippen molar-refractivity contribution in [2.75, 3.05) is 6.61 Å². The molecular weight excluding hydrogens is 594 g/mol. The van der Waals surface area contributed by atoms with Gasteiger partial charge >= 0.3 is 23.9 Å². The van der Waals surface area contributed by atoms with Crippen LogP contribution >= 0.6 is 0 Å². The van der Waals surface area contributed by atoms with Crippen LogP contribution in [0.2, 0.25) is 0 Å². The van der Waals surface area contributed by atoms with Crippen molar-refractivity contribution in [1.29, 1.82) is 0 Å². The number of amides is 1. The molecule has 0 aliphatic carbocycles. The van der Waals surface area contributed by atoms with Gasteiger partial charge in [0.15, 0.2) is 12.2 Å². The van der Waals surface area contributed by atoms with Gasteiger partial charge in [-0.15, -0.1) is 0 Å². The molecule has 1 heterocycles. The molecule has 0 bridgehead atoms. The van der Waals surface area contributed by atoms with E-state index < -0.39 is 54.5 Å². The molecule has 46 heavy (non-hydrogen) atoms. The molecular formula is C35H53NO10. The Bertz CT molecular complexity index is 1080. The smallest absolute Gasteiger partial charge is 0.312 e. The SMILES string of the molecule is CCCCCCCCCCCCCCC(=O)N[C@@H]1[C@@H](OC(=O)Cc2ccccc2)O[C@@H](COC(C)=O)[C@@H](OC(C)=O)[C@H]1OC(C)=O. The van der Waals surface area contributed by atoms with Gasteiger partial charge in [0.05, 0.1) is 6.42 Å². The number of rotatable bonds is 21. The number of ether oxygens (including phenoxy) is 5. The lowest BCUT2D eigenvalue weighted by Gasteiger charge is -2.44. The van der Waals surface area contributed by atoms with Gasteiger partial charge in [0.25, 0.3) is 0 Å². The predicted octanol–water partition coefficient (Wildman–Crippen LogP) is 5.50. The lowest BCUT2D eigenvalue weighted by Crippen LogP contribution is -2.67. The van der Waals surface area contributed by atoms with Crippen LogP contribution in [0.4, 0.5) is 0 Å². The number of carbonyl (C=O) groups excluding carboxylic acids is 5. The number of benzene rings is 1. The molecule has 0 saturated carbocycles. The van der Waals surface area contributed by atoms with Gasteiger partial charge in [-0.2, -0.15) is 0 Å². The van der Waals surface area contributed by atoms with Crippen LogP contribution in [0.3, 0.4) is 0 Å². The minimum absolute atomic E-state index is 0.0829. The normalized spacial score (nSPS) is 20.7. The average Bonchev–Trinajstić information content (AvgIpc) is 2.99. The van der Waals surface area contributed by atoms with Gasteiger partial charge in [0.1, 0.15) is 18.8 Å². The van der Waals surface area contributed by atoms with Crippen LogP contribution in [0.15, 0.2) is 30.3 Å². The second-order valence-electron chi connectivity index (χ2n) is 11.9. The third-order valence-electron chi connectivity index (χ3n) is 7.73. The molecule has 0 unspecified atom stereocenters. The van der Waals surface area contributed by atoms with Crippen molar-refractivity contribution in [3.05, 3.63) is 35.9 Å². The highest BCUT2D eigenvalue weighted by molar-refractivity contribution is 5.77. The first-order valence-corrected chi connectivity index (χ1v) is 16.8. The summed E-state index contributed by atoms with van der Waals surface area (Å²) >= 11 is 0. The van der Waals surface area contributed by atoms with Crippen molar-refractivity contribution in [3.63, 3.8) is 0 Å². The molecule has 1 aliphatic rings. The number of carbonyl (C=O) groups is 5. The quantitative estimate of drug-likeness (QED) is 0.103. The Balaban J connectivity index is 2.06. The molecule has 1 amide bonds. The van der Waals surface area contributed by atoms with Crippen LogP contribution < -0.4 is 5.32 Å². The molecule has 1 N–H and O–H groups in total. The Kier molecular flexibility index (Phi) is 18.6. The lowest BCUT2D eigenvalue weighted by atomic mass is 9.95. The number of esters is 4. The maximum Gasteiger partial charge on any atom is 0.312 e. The van der Waals surface area contributed by atoms with E-state index in [0.29, 0.717) is 12.0 Å². The topological polar surface area (TPSA) is 144 Å². The Morgan fingerprint density at radius 3 is 1.78 bits per heavy atom. The zero-order valence-electron chi connectivity index (χ0n) is 28.0. The predicted molar refractivity (Wildman–Crippen MR) is 170 cm³/mol. The van der Waals surface area contributed by atoms with E-state index in [1.807, 2.05) is 6.07 Å². The summed E-state index contributed by atoms with van der Waals surface area (Å²) < 4.78 is 27.8. The lowest BCUT2D eigenvalue weighted by molar-refractivity contribution is -0.271. The Labute approximate surface area is 273 Å². The van der Waals surface area contributed by atoms with E-state index in [-0.39, 0.29) is 25.4 Å². The van der Waals surface area contributed by atoms with Gasteiger partial charge in [-0.05, 0) is 12.0 Å². The molecule has 0 radical (unpaired) electrons. The van der Waals surface area contributed by atoms with E-state index in [9.17, 15) is 24.0 Å². The van der Waals surface area contributed by atoms with Crippen LogP contribution in [-0.4, -0.2) is 67.0 Å². The van der Waals surface area contributed by atoms with E-state index in [0.717, 1.165) is 19.3 Å². The van der Waals surface area contributed by atoms with Crippen molar-refractivity contribution in [3.8, 4) is 0 Å². The maximum atomic E-state index is 13.1. The molecule has 1 fully saturated rings. The van der Waals surface area contributed by atoms with E-state index >= 15 is 0 Å². The molecule has 1 aliphatic heterocycles. The van der Waals surface area contributed by atoms with E-state index in [1.165, 1.54) is 72.1 Å². The third kappa shape index (κ3) is 15.7. The first kappa shape index (κ1) is 38.7. The zero-order chi connectivity index (χ0) is 33.7. The molecule has 0 spiro atoms. The Morgan fingerprint density at radius 2 is 1.24 bits per heavy atom. The standard InChI is InChI=1S/C35H53NO10/c1-5-6-7-8-9-10-11-12-13-14-15-19-22-30(40)36-32-34(44-27(4)39)33(43-26(3)38)29(24-42-25(2)37)45-35(32)46-31(41)23-28-20-17-16-18-21-28/h16-18,20-21,29,32-35H,5-15,19,22-24H2,1-4H3,(H,36,40)/t29-,32-,33+,34-,35+/m0/s1.